The van der Waals surface area contributed by atoms with E-state index in [2.05, 4.69) is 10.4 Å². The maximum absolute atomic E-state index is 11.4. The van der Waals surface area contributed by atoms with E-state index >= 15 is 0 Å². The van der Waals surface area contributed by atoms with Crippen LogP contribution in [0.1, 0.15) is 37.3 Å². The molecule has 2 N–H and O–H groups in total. The lowest BCUT2D eigenvalue weighted by molar-refractivity contribution is -0.140. The number of nitrogens with one attached hydrogen (secondary N) is 1. The van der Waals surface area contributed by atoms with Crippen LogP contribution in [0.5, 0.6) is 0 Å². The number of hydrogen-bond donors (Lipinski definition) is 2. The van der Waals surface area contributed by atoms with Crippen LogP contribution in [0, 0.1) is 0 Å². The third-order valence-corrected chi connectivity index (χ3v) is 6.69. The summed E-state index contributed by atoms with van der Waals surface area (Å²) in [5.74, 6) is -0.380. The van der Waals surface area contributed by atoms with Crippen LogP contribution in [0.25, 0.3) is 5.57 Å². The molecule has 8 heteroatoms. The van der Waals surface area contributed by atoms with Gasteiger partial charge in [0.25, 0.3) is 0 Å². The average Bonchev–Trinajstić information content (AvgIpc) is 2.81. The van der Waals surface area contributed by atoms with Gasteiger partial charge in [-0.05, 0) is 48.1 Å². The molecule has 0 aromatic heterocycles. The highest BCUT2D eigenvalue weighted by molar-refractivity contribution is 6.42. The summed E-state index contributed by atoms with van der Waals surface area (Å²) in [6.45, 7) is 3.72. The summed E-state index contributed by atoms with van der Waals surface area (Å²) in [6, 6.07) is 15.3. The zero-order chi connectivity index (χ0) is 23.8. The number of halogens is 2. The second-order valence-electron chi connectivity index (χ2n) is 8.16. The van der Waals surface area contributed by atoms with E-state index in [0.29, 0.717) is 35.0 Å². The standard InChI is InChI=1S/C25H30Cl2N2O4/c1-18(30)33-17-24(28-32-2)21(19-8-9-22(26)23(27)16-19)10-13-29-14-11-25(31,12-15-29)20-6-4-3-5-7-20/h3-9,16,28,31H,10-15,17H2,1-2H3. The van der Waals surface area contributed by atoms with Gasteiger partial charge in [0.1, 0.15) is 6.61 Å². The van der Waals surface area contributed by atoms with Crippen molar-refractivity contribution in [2.45, 2.75) is 31.8 Å². The minimum absolute atomic E-state index is 0.0481. The molecule has 0 amide bonds. The van der Waals surface area contributed by atoms with Crippen molar-refractivity contribution in [1.82, 2.24) is 10.4 Å². The van der Waals surface area contributed by atoms with Crippen molar-refractivity contribution < 1.29 is 19.5 Å². The number of rotatable bonds is 9. The molecule has 0 spiro atoms. The summed E-state index contributed by atoms with van der Waals surface area (Å²) >= 11 is 12.4. The first-order chi connectivity index (χ1) is 15.8. The fourth-order valence-corrected chi connectivity index (χ4v) is 4.38. The quantitative estimate of drug-likeness (QED) is 0.387. The molecule has 1 saturated heterocycles. The summed E-state index contributed by atoms with van der Waals surface area (Å²) in [4.78, 5) is 18.9. The third-order valence-electron chi connectivity index (χ3n) is 5.95. The van der Waals surface area contributed by atoms with E-state index in [-0.39, 0.29) is 12.6 Å². The summed E-state index contributed by atoms with van der Waals surface area (Å²) in [6.07, 6.45) is 1.99. The Bertz CT molecular complexity index is 974. The number of hydroxylamine groups is 1. The number of ether oxygens (including phenoxy) is 1. The highest BCUT2D eigenvalue weighted by Gasteiger charge is 2.33. The lowest BCUT2D eigenvalue weighted by Crippen LogP contribution is -2.43. The maximum atomic E-state index is 11.4. The van der Waals surface area contributed by atoms with E-state index in [4.69, 9.17) is 32.8 Å². The Balaban J connectivity index is 1.75. The van der Waals surface area contributed by atoms with Crippen molar-refractivity contribution in [3.63, 3.8) is 0 Å². The van der Waals surface area contributed by atoms with Crippen molar-refractivity contribution in [3.05, 3.63) is 75.4 Å². The number of aliphatic hydroxyl groups is 1. The highest BCUT2D eigenvalue weighted by Crippen LogP contribution is 2.34. The molecule has 2 aromatic carbocycles. The third kappa shape index (κ3) is 6.95. The Labute approximate surface area is 205 Å². The Kier molecular flexibility index (Phi) is 9.18. The van der Waals surface area contributed by atoms with Crippen LogP contribution in [0.3, 0.4) is 0 Å². The number of esters is 1. The monoisotopic (exact) mass is 492 g/mol. The number of nitrogens with zero attached hydrogens (tertiary/aromatic N) is 1. The fraction of sp³-hybridized carbons (Fsp3) is 0.400. The largest absolute Gasteiger partial charge is 0.459 e. The number of likely N-dealkylation sites (tertiary alicyclic amines) is 1. The summed E-state index contributed by atoms with van der Waals surface area (Å²) in [7, 11) is 1.51. The maximum Gasteiger partial charge on any atom is 0.303 e. The second kappa shape index (κ2) is 11.9. The van der Waals surface area contributed by atoms with Gasteiger partial charge in [-0.1, -0.05) is 59.6 Å². The molecule has 1 aliphatic heterocycles. The molecule has 33 heavy (non-hydrogen) atoms. The molecule has 0 unspecified atom stereocenters. The van der Waals surface area contributed by atoms with Gasteiger partial charge in [0.15, 0.2) is 0 Å². The van der Waals surface area contributed by atoms with Gasteiger partial charge in [-0.15, -0.1) is 0 Å². The van der Waals surface area contributed by atoms with Gasteiger partial charge < -0.3 is 14.7 Å². The summed E-state index contributed by atoms with van der Waals surface area (Å²) in [5, 5.41) is 12.0. The molecule has 0 bridgehead atoms. The van der Waals surface area contributed by atoms with Crippen LogP contribution in [0.4, 0.5) is 0 Å². The number of piperidine rings is 1. The molecule has 178 valence electrons. The van der Waals surface area contributed by atoms with Gasteiger partial charge in [0, 0.05) is 26.6 Å². The Morgan fingerprint density at radius 2 is 1.82 bits per heavy atom. The number of carbonyl (C=O) groups is 1. The van der Waals surface area contributed by atoms with E-state index in [1.54, 1.807) is 12.1 Å². The van der Waals surface area contributed by atoms with Crippen LogP contribution in [-0.2, 0) is 20.0 Å². The molecule has 1 heterocycles. The van der Waals surface area contributed by atoms with E-state index in [9.17, 15) is 9.90 Å². The highest BCUT2D eigenvalue weighted by atomic mass is 35.5. The minimum Gasteiger partial charge on any atom is -0.459 e. The van der Waals surface area contributed by atoms with E-state index in [1.165, 1.54) is 14.0 Å². The number of benzene rings is 2. The van der Waals surface area contributed by atoms with Gasteiger partial charge in [0.2, 0.25) is 0 Å². The van der Waals surface area contributed by atoms with Gasteiger partial charge in [-0.3, -0.25) is 15.1 Å². The second-order valence-corrected chi connectivity index (χ2v) is 8.98. The molecule has 0 atom stereocenters. The van der Waals surface area contributed by atoms with Crippen molar-refractivity contribution in [3.8, 4) is 0 Å². The predicted octanol–water partition coefficient (Wildman–Crippen LogP) is 4.79. The lowest BCUT2D eigenvalue weighted by Gasteiger charge is -2.38. The zero-order valence-electron chi connectivity index (χ0n) is 18.9. The Morgan fingerprint density at radius 3 is 2.42 bits per heavy atom. The van der Waals surface area contributed by atoms with Crippen LogP contribution < -0.4 is 5.48 Å². The summed E-state index contributed by atoms with van der Waals surface area (Å²) < 4.78 is 5.24. The zero-order valence-corrected chi connectivity index (χ0v) is 20.5. The molecule has 3 rings (SSSR count). The number of carbonyl (C=O) groups excluding carboxylic acids is 1. The first-order valence-corrected chi connectivity index (χ1v) is 11.7. The van der Waals surface area contributed by atoms with Crippen molar-refractivity contribution in [2.24, 2.45) is 0 Å². The molecule has 2 aromatic rings. The topological polar surface area (TPSA) is 71.0 Å². The smallest absolute Gasteiger partial charge is 0.303 e. The SMILES string of the molecule is CONC(COC(C)=O)=C(CCN1CCC(O)(c2ccccc2)CC1)c1ccc(Cl)c(Cl)c1. The Morgan fingerprint density at radius 1 is 1.12 bits per heavy atom. The first kappa shape index (κ1) is 25.5. The van der Waals surface area contributed by atoms with E-state index in [0.717, 1.165) is 36.3 Å². The minimum atomic E-state index is -0.793. The number of hydrogen-bond acceptors (Lipinski definition) is 6. The van der Waals surface area contributed by atoms with Crippen molar-refractivity contribution >= 4 is 34.7 Å². The summed E-state index contributed by atoms with van der Waals surface area (Å²) in [5.41, 5.74) is 5.46. The molecular formula is C25H30Cl2N2O4. The molecule has 0 aliphatic carbocycles. The van der Waals surface area contributed by atoms with Crippen LogP contribution in [0.15, 0.2) is 54.2 Å². The van der Waals surface area contributed by atoms with E-state index in [1.807, 2.05) is 36.4 Å². The fourth-order valence-electron chi connectivity index (χ4n) is 4.08. The van der Waals surface area contributed by atoms with Crippen molar-refractivity contribution in [1.29, 1.82) is 0 Å². The van der Waals surface area contributed by atoms with Gasteiger partial charge in [-0.25, -0.2) is 0 Å². The van der Waals surface area contributed by atoms with E-state index < -0.39 is 5.60 Å². The van der Waals surface area contributed by atoms with Crippen LogP contribution in [-0.4, -0.2) is 49.3 Å². The predicted molar refractivity (Wildman–Crippen MR) is 131 cm³/mol. The molecule has 1 aliphatic rings. The average molecular weight is 493 g/mol. The first-order valence-electron chi connectivity index (χ1n) is 10.9. The van der Waals surface area contributed by atoms with Crippen molar-refractivity contribution in [2.75, 3.05) is 33.4 Å². The van der Waals surface area contributed by atoms with Crippen LogP contribution in [0.2, 0.25) is 10.0 Å². The van der Waals surface area contributed by atoms with Gasteiger partial charge >= 0.3 is 5.97 Å². The molecule has 6 nitrogen and oxygen atoms in total. The molecule has 1 fully saturated rings. The molecule has 0 saturated carbocycles. The van der Waals surface area contributed by atoms with Crippen LogP contribution >= 0.6 is 23.2 Å². The Hall–Kier alpha value is -2.09. The molecular weight excluding hydrogens is 463 g/mol. The lowest BCUT2D eigenvalue weighted by atomic mass is 9.84. The van der Waals surface area contributed by atoms with Gasteiger partial charge in [-0.2, -0.15) is 0 Å². The molecule has 0 radical (unpaired) electrons. The normalized spacial score (nSPS) is 16.8. The van der Waals surface area contributed by atoms with Gasteiger partial charge in [0.05, 0.1) is 28.5 Å².